The maximum Gasteiger partial charge on any atom is 0.272 e. The minimum Gasteiger partial charge on any atom is -0.477 e. The van der Waals surface area contributed by atoms with E-state index >= 15 is 0 Å². The number of amides is 1. The Hall–Kier alpha value is -2.88. The Balaban J connectivity index is 2.23. The molecule has 1 aliphatic rings. The average Bonchev–Trinajstić information content (AvgIpc) is 2.96. The number of aryl methyl sites for hydroxylation is 2. The van der Waals surface area contributed by atoms with Crippen LogP contribution in [0, 0.1) is 24.1 Å². The Morgan fingerprint density at radius 1 is 1.54 bits per heavy atom. The number of hydrogen-bond donors (Lipinski definition) is 1. The summed E-state index contributed by atoms with van der Waals surface area (Å²) in [5, 5.41) is 16.0. The topological polar surface area (TPSA) is 79.9 Å². The van der Waals surface area contributed by atoms with Crippen molar-refractivity contribution >= 4 is 5.91 Å². The summed E-state index contributed by atoms with van der Waals surface area (Å²) >= 11 is 0. The first-order valence-corrected chi connectivity index (χ1v) is 7.79. The quantitative estimate of drug-likeness (QED) is 0.938. The summed E-state index contributed by atoms with van der Waals surface area (Å²) in [6.45, 7) is 5.20. The molecule has 1 aliphatic heterocycles. The summed E-state index contributed by atoms with van der Waals surface area (Å²) in [6, 6.07) is 4.56. The number of carbonyl (C=O) groups is 1. The molecule has 1 amide bonds. The van der Waals surface area contributed by atoms with Crippen LogP contribution in [0.4, 0.5) is 4.39 Å². The first-order valence-electron chi connectivity index (χ1n) is 7.79. The number of carbonyl (C=O) groups excluding carboxylic acids is 1. The number of hydrogen-bond acceptors (Lipinski definition) is 4. The molecule has 124 valence electrons. The van der Waals surface area contributed by atoms with Crippen LogP contribution in [0.5, 0.6) is 5.88 Å². The van der Waals surface area contributed by atoms with E-state index in [4.69, 9.17) is 10.00 Å². The molecule has 3 rings (SSSR count). The maximum atomic E-state index is 14.1. The van der Waals surface area contributed by atoms with Crippen molar-refractivity contribution in [2.24, 2.45) is 0 Å². The van der Waals surface area contributed by atoms with Gasteiger partial charge in [-0.2, -0.15) is 10.4 Å². The van der Waals surface area contributed by atoms with Crippen LogP contribution in [0.1, 0.15) is 35.0 Å². The van der Waals surface area contributed by atoms with Crippen molar-refractivity contribution in [1.29, 1.82) is 5.26 Å². The highest BCUT2D eigenvalue weighted by Gasteiger charge is 2.28. The number of ether oxygens (including phenoxy) is 1. The number of aromatic nitrogens is 2. The Morgan fingerprint density at radius 2 is 2.33 bits per heavy atom. The normalized spacial score (nSPS) is 12.9. The summed E-state index contributed by atoms with van der Waals surface area (Å²) in [4.78, 5) is 12.4. The van der Waals surface area contributed by atoms with Crippen LogP contribution in [0.2, 0.25) is 0 Å². The Morgan fingerprint density at radius 3 is 3.04 bits per heavy atom. The molecule has 1 aromatic carbocycles. The van der Waals surface area contributed by atoms with Gasteiger partial charge in [-0.1, -0.05) is 0 Å². The van der Waals surface area contributed by atoms with E-state index in [0.29, 0.717) is 42.3 Å². The van der Waals surface area contributed by atoms with Gasteiger partial charge in [0.15, 0.2) is 5.69 Å². The molecule has 2 aromatic rings. The molecule has 0 fully saturated rings. The lowest BCUT2D eigenvalue weighted by atomic mass is 9.97. The minimum absolute atomic E-state index is 0.0298. The van der Waals surface area contributed by atoms with Crippen molar-refractivity contribution in [1.82, 2.24) is 15.1 Å². The van der Waals surface area contributed by atoms with Gasteiger partial charge in [0.1, 0.15) is 11.9 Å². The molecular formula is C17H17FN4O2. The third kappa shape index (κ3) is 2.60. The number of rotatable bonds is 3. The second-order valence-electron chi connectivity index (χ2n) is 5.57. The van der Waals surface area contributed by atoms with Crippen molar-refractivity contribution in [3.8, 4) is 23.1 Å². The summed E-state index contributed by atoms with van der Waals surface area (Å²) < 4.78 is 21.5. The van der Waals surface area contributed by atoms with Gasteiger partial charge in [0.2, 0.25) is 5.88 Å². The van der Waals surface area contributed by atoms with E-state index in [9.17, 15) is 9.18 Å². The molecule has 0 saturated carbocycles. The van der Waals surface area contributed by atoms with Crippen LogP contribution < -0.4 is 10.1 Å². The van der Waals surface area contributed by atoms with E-state index in [-0.39, 0.29) is 17.2 Å². The number of nitrogens with zero attached hydrogens (tertiary/aromatic N) is 3. The summed E-state index contributed by atoms with van der Waals surface area (Å²) in [7, 11) is 0. The predicted octanol–water partition coefficient (Wildman–Crippen LogP) is 2.40. The number of fused-ring (bicyclic) bond motifs is 1. The van der Waals surface area contributed by atoms with Crippen LogP contribution in [-0.2, 0) is 6.54 Å². The number of nitrogens with one attached hydrogen (secondary N) is 1. The van der Waals surface area contributed by atoms with Crippen LogP contribution in [0.3, 0.4) is 0 Å². The minimum atomic E-state index is -0.629. The smallest absolute Gasteiger partial charge is 0.272 e. The van der Waals surface area contributed by atoms with Crippen LogP contribution >= 0.6 is 0 Å². The highest BCUT2D eigenvalue weighted by Crippen LogP contribution is 2.38. The monoisotopic (exact) mass is 328 g/mol. The van der Waals surface area contributed by atoms with Crippen LogP contribution in [0.25, 0.3) is 11.1 Å². The van der Waals surface area contributed by atoms with E-state index in [1.165, 1.54) is 12.1 Å². The summed E-state index contributed by atoms with van der Waals surface area (Å²) in [5.74, 6) is -0.493. The molecule has 0 saturated heterocycles. The second kappa shape index (κ2) is 6.32. The third-order valence-corrected chi connectivity index (χ3v) is 3.92. The number of halogens is 1. The van der Waals surface area contributed by atoms with Gasteiger partial charge in [-0.3, -0.25) is 4.79 Å². The zero-order valence-corrected chi connectivity index (χ0v) is 13.5. The van der Waals surface area contributed by atoms with Gasteiger partial charge in [-0.25, -0.2) is 9.07 Å². The fourth-order valence-electron chi connectivity index (χ4n) is 2.81. The average molecular weight is 328 g/mol. The Labute approximate surface area is 138 Å². The lowest BCUT2D eigenvalue weighted by Gasteiger charge is -2.17. The number of benzene rings is 1. The molecule has 0 spiro atoms. The summed E-state index contributed by atoms with van der Waals surface area (Å²) in [5.41, 5.74) is 1.85. The van der Waals surface area contributed by atoms with E-state index in [0.717, 1.165) is 6.42 Å². The fourth-order valence-corrected chi connectivity index (χ4v) is 2.81. The molecule has 7 heteroatoms. The second-order valence-corrected chi connectivity index (χ2v) is 5.57. The molecule has 2 heterocycles. The molecule has 1 aromatic heterocycles. The first kappa shape index (κ1) is 16.0. The lowest BCUT2D eigenvalue weighted by Crippen LogP contribution is -2.24. The molecule has 0 unspecified atom stereocenters. The molecule has 0 bridgehead atoms. The Bertz CT molecular complexity index is 851. The van der Waals surface area contributed by atoms with Gasteiger partial charge < -0.3 is 10.1 Å². The Kier molecular flexibility index (Phi) is 4.21. The van der Waals surface area contributed by atoms with E-state index in [2.05, 4.69) is 10.4 Å². The maximum absolute atomic E-state index is 14.1. The van der Waals surface area contributed by atoms with Gasteiger partial charge in [-0.05, 0) is 37.1 Å². The van der Waals surface area contributed by atoms with Crippen LogP contribution in [-0.4, -0.2) is 28.8 Å². The highest BCUT2D eigenvalue weighted by atomic mass is 19.1. The van der Waals surface area contributed by atoms with Crippen LogP contribution in [0.15, 0.2) is 12.1 Å². The van der Waals surface area contributed by atoms with Gasteiger partial charge in [0.25, 0.3) is 5.91 Å². The zero-order chi connectivity index (χ0) is 17.3. The van der Waals surface area contributed by atoms with E-state index in [1.54, 1.807) is 11.6 Å². The third-order valence-electron chi connectivity index (χ3n) is 3.92. The van der Waals surface area contributed by atoms with E-state index < -0.39 is 5.82 Å². The van der Waals surface area contributed by atoms with Crippen molar-refractivity contribution < 1.29 is 13.9 Å². The molecule has 0 radical (unpaired) electrons. The van der Waals surface area contributed by atoms with Gasteiger partial charge in [-0.15, -0.1) is 0 Å². The lowest BCUT2D eigenvalue weighted by molar-refractivity contribution is 0.0950. The fraction of sp³-hybridized carbons (Fsp3) is 0.353. The van der Waals surface area contributed by atoms with Crippen molar-refractivity contribution in [3.63, 3.8) is 0 Å². The SMILES string of the molecule is CCNC(=O)c1nn2c(c1-c1cc(F)c(C#N)cc1C)OCCC2. The van der Waals surface area contributed by atoms with Gasteiger partial charge >= 0.3 is 0 Å². The molecule has 1 N–H and O–H groups in total. The zero-order valence-electron chi connectivity index (χ0n) is 13.5. The van der Waals surface area contributed by atoms with Crippen molar-refractivity contribution in [3.05, 3.63) is 34.8 Å². The molecular weight excluding hydrogens is 311 g/mol. The van der Waals surface area contributed by atoms with Crippen molar-refractivity contribution in [2.75, 3.05) is 13.2 Å². The largest absolute Gasteiger partial charge is 0.477 e. The van der Waals surface area contributed by atoms with Gasteiger partial charge in [0, 0.05) is 19.5 Å². The molecule has 0 atom stereocenters. The molecule has 24 heavy (non-hydrogen) atoms. The van der Waals surface area contributed by atoms with Crippen molar-refractivity contribution in [2.45, 2.75) is 26.8 Å². The molecule has 0 aliphatic carbocycles. The molecule has 6 nitrogen and oxygen atoms in total. The predicted molar refractivity (Wildman–Crippen MR) is 85.2 cm³/mol. The number of nitriles is 1. The standard InChI is InChI=1S/C17H17FN4O2/c1-3-20-16(23)15-14(17-22(21-15)5-4-6-24-17)12-8-13(18)11(9-19)7-10(12)2/h7-8H,3-6H2,1-2H3,(H,20,23). The van der Waals surface area contributed by atoms with Gasteiger partial charge in [0.05, 0.1) is 17.7 Å². The summed E-state index contributed by atoms with van der Waals surface area (Å²) in [6.07, 6.45) is 0.795. The van der Waals surface area contributed by atoms with E-state index in [1.807, 2.05) is 13.0 Å². The highest BCUT2D eigenvalue weighted by molar-refractivity contribution is 6.01. The first-order chi connectivity index (χ1) is 11.6.